The van der Waals surface area contributed by atoms with E-state index >= 15 is 0 Å². The molecule has 6 heteroatoms. The first-order chi connectivity index (χ1) is 7.62. The third-order valence-corrected chi connectivity index (χ3v) is 2.24. The molecule has 0 atom stereocenters. The molecule has 3 radical (unpaired) electrons. The van der Waals surface area contributed by atoms with Crippen LogP contribution in [0.5, 0.6) is 0 Å². The van der Waals surface area contributed by atoms with Gasteiger partial charge in [-0.15, -0.1) is 0 Å². The Bertz CT molecular complexity index is 248. The predicted octanol–water partition coefficient (Wildman–Crippen LogP) is 0.585. The summed E-state index contributed by atoms with van der Waals surface area (Å²) in [6, 6.07) is 0. The summed E-state index contributed by atoms with van der Waals surface area (Å²) in [4.78, 5) is 11.7. The summed E-state index contributed by atoms with van der Waals surface area (Å²) in [5.74, 6) is -0.526. The fraction of sp³-hybridized carbons (Fsp3) is 0.700. The monoisotopic (exact) mass is 245 g/mol. The molecule has 0 spiro atoms. The van der Waals surface area contributed by atoms with Gasteiger partial charge in [0.15, 0.2) is 6.29 Å². The predicted molar refractivity (Wildman–Crippen MR) is 58.8 cm³/mol. The number of carbonyl (C=O) groups excluding carboxylic acids is 1. The lowest BCUT2D eigenvalue weighted by molar-refractivity contribution is -0.146. The largest absolute Gasteiger partial charge is 0.506 e. The lowest BCUT2D eigenvalue weighted by Gasteiger charge is -2.18. The minimum Gasteiger partial charge on any atom is -0.506 e. The van der Waals surface area contributed by atoms with Crippen molar-refractivity contribution >= 4 is 16.2 Å². The molecule has 0 unspecified atom stereocenters. The Morgan fingerprint density at radius 2 is 1.81 bits per heavy atom. The van der Waals surface area contributed by atoms with E-state index in [4.69, 9.17) is 18.9 Å². The van der Waals surface area contributed by atoms with Crippen LogP contribution in [0, 0.1) is 0 Å². The van der Waals surface area contributed by atoms with Gasteiger partial charge < -0.3 is 18.9 Å². The molecule has 91 valence electrons. The van der Waals surface area contributed by atoms with Crippen molar-refractivity contribution in [3.8, 4) is 0 Å². The molecule has 0 bridgehead atoms. The molecule has 0 aliphatic heterocycles. The van der Waals surface area contributed by atoms with Gasteiger partial charge in [0.25, 0.3) is 0 Å². The Hall–Kier alpha value is -0.853. The van der Waals surface area contributed by atoms with Crippen LogP contribution in [0.15, 0.2) is 11.0 Å². The zero-order valence-electron chi connectivity index (χ0n) is 10.0. The van der Waals surface area contributed by atoms with E-state index in [-0.39, 0.29) is 11.0 Å². The molecule has 0 N–H and O–H groups in total. The maximum absolute atomic E-state index is 11.7. The van der Waals surface area contributed by atoms with Crippen LogP contribution in [0.3, 0.4) is 0 Å². The van der Waals surface area contributed by atoms with E-state index < -0.39 is 12.3 Å². The van der Waals surface area contributed by atoms with Crippen molar-refractivity contribution in [3.63, 3.8) is 0 Å². The molecule has 0 amide bonds. The maximum Gasteiger partial charge on any atom is 0.342 e. The SMILES string of the molecule is CCCOC(=O)/C(=C(/[Si])OC)C(OC)OC. The quantitative estimate of drug-likeness (QED) is 0.216. The highest BCUT2D eigenvalue weighted by atomic mass is 28.1. The number of hydrogen-bond acceptors (Lipinski definition) is 5. The molecular weight excluding hydrogens is 228 g/mol. The molecule has 0 aromatic rings. The van der Waals surface area contributed by atoms with E-state index in [0.29, 0.717) is 6.61 Å². The van der Waals surface area contributed by atoms with Crippen molar-refractivity contribution in [1.29, 1.82) is 0 Å². The topological polar surface area (TPSA) is 54.0 Å². The van der Waals surface area contributed by atoms with E-state index in [1.54, 1.807) is 0 Å². The molecule has 5 nitrogen and oxygen atoms in total. The zero-order valence-corrected chi connectivity index (χ0v) is 11.0. The molecule has 0 saturated carbocycles. The first-order valence-corrected chi connectivity index (χ1v) is 5.34. The summed E-state index contributed by atoms with van der Waals surface area (Å²) in [6.45, 7) is 2.25. The zero-order chi connectivity index (χ0) is 12.6. The van der Waals surface area contributed by atoms with Gasteiger partial charge in [-0.05, 0) is 6.42 Å². The van der Waals surface area contributed by atoms with Gasteiger partial charge in [0.1, 0.15) is 15.8 Å². The van der Waals surface area contributed by atoms with Gasteiger partial charge >= 0.3 is 5.97 Å². The lowest BCUT2D eigenvalue weighted by atomic mass is 10.3. The van der Waals surface area contributed by atoms with Crippen LogP contribution in [0.1, 0.15) is 13.3 Å². The standard InChI is InChI=1S/C10H17O5Si/c1-5-6-15-8(11)7(10(16)14-4)9(12-2)13-3/h9H,5-6H2,1-4H3/b10-7-. The number of hydrogen-bond donors (Lipinski definition) is 0. The highest BCUT2D eigenvalue weighted by Gasteiger charge is 2.25. The molecule has 0 saturated heterocycles. The Morgan fingerprint density at radius 3 is 2.19 bits per heavy atom. The van der Waals surface area contributed by atoms with Gasteiger partial charge in [-0.2, -0.15) is 0 Å². The third-order valence-electron chi connectivity index (χ3n) is 1.77. The second kappa shape index (κ2) is 8.32. The van der Waals surface area contributed by atoms with E-state index in [2.05, 4.69) is 10.2 Å². The summed E-state index contributed by atoms with van der Waals surface area (Å²) in [5, 5.41) is 0.231. The summed E-state index contributed by atoms with van der Waals surface area (Å²) >= 11 is 0. The van der Waals surface area contributed by atoms with Gasteiger partial charge in [-0.25, -0.2) is 4.79 Å². The van der Waals surface area contributed by atoms with Crippen LogP contribution >= 0.6 is 0 Å². The molecule has 16 heavy (non-hydrogen) atoms. The number of ether oxygens (including phenoxy) is 4. The summed E-state index contributed by atoms with van der Waals surface area (Å²) in [5.41, 5.74) is 0.164. The van der Waals surface area contributed by atoms with Crippen molar-refractivity contribution in [2.24, 2.45) is 0 Å². The van der Waals surface area contributed by atoms with E-state index in [0.717, 1.165) is 6.42 Å². The first kappa shape index (κ1) is 15.1. The Balaban J connectivity index is 4.87. The van der Waals surface area contributed by atoms with Crippen LogP contribution in [-0.4, -0.2) is 50.4 Å². The van der Waals surface area contributed by atoms with E-state index in [9.17, 15) is 4.79 Å². The van der Waals surface area contributed by atoms with Crippen molar-refractivity contribution in [2.45, 2.75) is 19.6 Å². The summed E-state index contributed by atoms with van der Waals surface area (Å²) < 4.78 is 19.9. The lowest BCUT2D eigenvalue weighted by Crippen LogP contribution is -2.26. The minimum atomic E-state index is -0.822. The molecule has 0 fully saturated rings. The number of esters is 1. The van der Waals surface area contributed by atoms with Crippen LogP contribution in [-0.2, 0) is 23.7 Å². The molecule has 0 aromatic heterocycles. The Labute approximate surface area is 99.1 Å². The Kier molecular flexibility index (Phi) is 7.87. The molecule has 0 aliphatic carbocycles. The second-order valence-corrected chi connectivity index (χ2v) is 3.34. The highest BCUT2D eigenvalue weighted by Crippen LogP contribution is 2.14. The fourth-order valence-corrected chi connectivity index (χ4v) is 1.23. The number of carbonyl (C=O) groups is 1. The third kappa shape index (κ3) is 4.34. The van der Waals surface area contributed by atoms with Crippen molar-refractivity contribution in [2.75, 3.05) is 27.9 Å². The molecular formula is C10H17O5Si. The van der Waals surface area contributed by atoms with Gasteiger partial charge in [-0.3, -0.25) is 0 Å². The summed E-state index contributed by atoms with van der Waals surface area (Å²) in [6.07, 6.45) is -0.0787. The first-order valence-electron chi connectivity index (χ1n) is 4.84. The molecule has 0 aliphatic rings. The second-order valence-electron chi connectivity index (χ2n) is 2.89. The Morgan fingerprint density at radius 1 is 1.25 bits per heavy atom. The number of rotatable bonds is 7. The van der Waals surface area contributed by atoms with Gasteiger partial charge in [0.2, 0.25) is 0 Å². The van der Waals surface area contributed by atoms with Crippen LogP contribution in [0.2, 0.25) is 0 Å². The van der Waals surface area contributed by atoms with E-state index in [1.165, 1.54) is 21.3 Å². The average Bonchev–Trinajstić information content (AvgIpc) is 2.31. The molecule has 0 rings (SSSR count). The van der Waals surface area contributed by atoms with Gasteiger partial charge in [0.05, 0.1) is 19.1 Å². The van der Waals surface area contributed by atoms with Crippen LogP contribution in [0.4, 0.5) is 0 Å². The van der Waals surface area contributed by atoms with Gasteiger partial charge in [0, 0.05) is 14.2 Å². The van der Waals surface area contributed by atoms with Crippen molar-refractivity contribution in [3.05, 3.63) is 11.0 Å². The van der Waals surface area contributed by atoms with Crippen LogP contribution in [0.25, 0.3) is 0 Å². The normalized spacial score (nSPS) is 12.4. The van der Waals surface area contributed by atoms with Crippen molar-refractivity contribution < 1.29 is 23.7 Å². The molecule has 0 heterocycles. The minimum absolute atomic E-state index is 0.164. The molecule has 0 aromatic carbocycles. The van der Waals surface area contributed by atoms with Gasteiger partial charge in [-0.1, -0.05) is 6.92 Å². The van der Waals surface area contributed by atoms with Crippen LogP contribution < -0.4 is 0 Å². The summed E-state index contributed by atoms with van der Waals surface area (Å²) in [7, 11) is 7.45. The fourth-order valence-electron chi connectivity index (χ4n) is 1.01. The number of methoxy groups -OCH3 is 3. The maximum atomic E-state index is 11.7. The van der Waals surface area contributed by atoms with Crippen molar-refractivity contribution in [1.82, 2.24) is 0 Å². The highest BCUT2D eigenvalue weighted by molar-refractivity contribution is 6.23. The smallest absolute Gasteiger partial charge is 0.342 e. The van der Waals surface area contributed by atoms with E-state index in [1.807, 2.05) is 6.92 Å². The average molecular weight is 245 g/mol.